The van der Waals surface area contributed by atoms with E-state index in [9.17, 15) is 9.59 Å². The zero-order chi connectivity index (χ0) is 14.3. The van der Waals surface area contributed by atoms with E-state index >= 15 is 0 Å². The predicted molar refractivity (Wildman–Crippen MR) is 74.5 cm³/mol. The molecule has 1 aromatic carbocycles. The van der Waals surface area contributed by atoms with E-state index in [1.165, 1.54) is 6.92 Å². The van der Waals surface area contributed by atoms with Crippen molar-refractivity contribution in [1.82, 2.24) is 5.32 Å². The van der Waals surface area contributed by atoms with Crippen LogP contribution in [0.5, 0.6) is 5.75 Å². The molecule has 1 unspecified atom stereocenters. The number of hydrogen-bond donors (Lipinski definition) is 1. The minimum Gasteiger partial charge on any atom is -0.494 e. The van der Waals surface area contributed by atoms with Crippen LogP contribution in [0.3, 0.4) is 0 Å². The minimum atomic E-state index is -0.465. The molecule has 0 saturated heterocycles. The molecule has 1 N–H and O–H groups in total. The lowest BCUT2D eigenvalue weighted by atomic mass is 10.1. The minimum absolute atomic E-state index is 0.0622. The van der Waals surface area contributed by atoms with Gasteiger partial charge in [0.25, 0.3) is 5.91 Å². The third-order valence-electron chi connectivity index (χ3n) is 2.84. The third kappa shape index (κ3) is 5.12. The second-order valence-corrected chi connectivity index (χ2v) is 4.53. The predicted octanol–water partition coefficient (Wildman–Crippen LogP) is 2.57. The van der Waals surface area contributed by atoms with Crippen molar-refractivity contribution in [1.29, 1.82) is 0 Å². The van der Waals surface area contributed by atoms with Crippen LogP contribution < -0.4 is 10.1 Å². The number of Topliss-reactive ketones (excluding diaryl/α,β-unsaturated/α-hetero) is 1. The molecular formula is C15H21NO3. The van der Waals surface area contributed by atoms with Crippen molar-refractivity contribution in [2.45, 2.75) is 39.7 Å². The molecule has 0 aliphatic rings. The summed E-state index contributed by atoms with van der Waals surface area (Å²) >= 11 is 0. The fraction of sp³-hybridized carbons (Fsp3) is 0.467. The first-order valence-corrected chi connectivity index (χ1v) is 6.58. The maximum Gasteiger partial charge on any atom is 0.251 e. The van der Waals surface area contributed by atoms with Crippen LogP contribution in [0.15, 0.2) is 24.3 Å². The molecule has 0 aliphatic heterocycles. The van der Waals surface area contributed by atoms with E-state index in [1.807, 2.05) is 0 Å². The Balaban J connectivity index is 2.55. The van der Waals surface area contributed by atoms with Crippen LogP contribution in [-0.4, -0.2) is 24.3 Å². The summed E-state index contributed by atoms with van der Waals surface area (Å²) in [6.45, 7) is 5.91. The molecule has 0 saturated carbocycles. The SMILES string of the molecule is CCCCOc1ccc(C(=O)NC(C)C(C)=O)cc1. The lowest BCUT2D eigenvalue weighted by Gasteiger charge is -2.11. The molecule has 0 spiro atoms. The Hall–Kier alpha value is -1.84. The Morgan fingerprint density at radius 1 is 1.26 bits per heavy atom. The molecule has 4 nitrogen and oxygen atoms in total. The molecule has 104 valence electrons. The Labute approximate surface area is 114 Å². The van der Waals surface area contributed by atoms with Gasteiger partial charge >= 0.3 is 0 Å². The van der Waals surface area contributed by atoms with Gasteiger partial charge in [0.2, 0.25) is 0 Å². The first kappa shape index (κ1) is 15.2. The van der Waals surface area contributed by atoms with Gasteiger partial charge in [-0.1, -0.05) is 13.3 Å². The van der Waals surface area contributed by atoms with E-state index in [0.717, 1.165) is 18.6 Å². The standard InChI is InChI=1S/C15H21NO3/c1-4-5-10-19-14-8-6-13(7-9-14)15(18)16-11(2)12(3)17/h6-9,11H,4-5,10H2,1-3H3,(H,16,18). The first-order valence-electron chi connectivity index (χ1n) is 6.58. The number of hydrogen-bond acceptors (Lipinski definition) is 3. The summed E-state index contributed by atoms with van der Waals surface area (Å²) in [5, 5.41) is 2.64. The highest BCUT2D eigenvalue weighted by Crippen LogP contribution is 2.12. The molecule has 1 amide bonds. The van der Waals surface area contributed by atoms with E-state index in [-0.39, 0.29) is 11.7 Å². The highest BCUT2D eigenvalue weighted by molar-refractivity contribution is 5.97. The van der Waals surface area contributed by atoms with Crippen LogP contribution in [0.25, 0.3) is 0 Å². The Morgan fingerprint density at radius 2 is 1.89 bits per heavy atom. The van der Waals surface area contributed by atoms with Crippen molar-refractivity contribution in [3.63, 3.8) is 0 Å². The number of ether oxygens (including phenoxy) is 1. The van der Waals surface area contributed by atoms with Crippen LogP contribution in [0.2, 0.25) is 0 Å². The van der Waals surface area contributed by atoms with Crippen LogP contribution in [0, 0.1) is 0 Å². The van der Waals surface area contributed by atoms with Gasteiger partial charge in [0.1, 0.15) is 5.75 Å². The topological polar surface area (TPSA) is 55.4 Å². The van der Waals surface area contributed by atoms with Crippen molar-refractivity contribution in [3.05, 3.63) is 29.8 Å². The maximum atomic E-state index is 11.8. The third-order valence-corrected chi connectivity index (χ3v) is 2.84. The first-order chi connectivity index (χ1) is 9.04. The van der Waals surface area contributed by atoms with E-state index in [1.54, 1.807) is 31.2 Å². The van der Waals surface area contributed by atoms with E-state index < -0.39 is 6.04 Å². The normalized spacial score (nSPS) is 11.7. The molecular weight excluding hydrogens is 242 g/mol. The highest BCUT2D eigenvalue weighted by atomic mass is 16.5. The monoisotopic (exact) mass is 263 g/mol. The van der Waals surface area contributed by atoms with E-state index in [0.29, 0.717) is 12.2 Å². The molecule has 4 heteroatoms. The molecule has 0 radical (unpaired) electrons. The summed E-state index contributed by atoms with van der Waals surface area (Å²) in [6.07, 6.45) is 2.10. The number of carbonyl (C=O) groups excluding carboxylic acids is 2. The summed E-state index contributed by atoms with van der Waals surface area (Å²) in [6, 6.07) is 6.46. The van der Waals surface area contributed by atoms with Crippen molar-refractivity contribution >= 4 is 11.7 Å². The molecule has 0 bridgehead atoms. The van der Waals surface area contributed by atoms with Gasteiger partial charge in [-0.3, -0.25) is 9.59 Å². The van der Waals surface area contributed by atoms with Gasteiger partial charge in [-0.2, -0.15) is 0 Å². The molecule has 0 fully saturated rings. The molecule has 0 aliphatic carbocycles. The molecule has 0 aromatic heterocycles. The average Bonchev–Trinajstić information content (AvgIpc) is 2.39. The Bertz CT molecular complexity index is 426. The van der Waals surface area contributed by atoms with Crippen LogP contribution in [0.4, 0.5) is 0 Å². The second-order valence-electron chi connectivity index (χ2n) is 4.53. The lowest BCUT2D eigenvalue weighted by Crippen LogP contribution is -2.37. The highest BCUT2D eigenvalue weighted by Gasteiger charge is 2.12. The summed E-state index contributed by atoms with van der Waals surface area (Å²) in [5.41, 5.74) is 0.524. The van der Waals surface area contributed by atoms with Gasteiger partial charge in [0, 0.05) is 5.56 Å². The van der Waals surface area contributed by atoms with Gasteiger partial charge in [-0.25, -0.2) is 0 Å². The zero-order valence-corrected chi connectivity index (χ0v) is 11.7. The molecule has 1 aromatic rings. The molecule has 1 rings (SSSR count). The van der Waals surface area contributed by atoms with Gasteiger partial charge in [0.05, 0.1) is 12.6 Å². The summed E-state index contributed by atoms with van der Waals surface area (Å²) in [7, 11) is 0. The second kappa shape index (κ2) is 7.56. The number of carbonyl (C=O) groups is 2. The van der Waals surface area contributed by atoms with Crippen molar-refractivity contribution in [3.8, 4) is 5.75 Å². The summed E-state index contributed by atoms with van der Waals surface area (Å²) in [5.74, 6) is 0.445. The number of nitrogens with one attached hydrogen (secondary N) is 1. The van der Waals surface area contributed by atoms with Gasteiger partial charge in [-0.15, -0.1) is 0 Å². The quantitative estimate of drug-likeness (QED) is 0.769. The number of rotatable bonds is 7. The molecule has 0 heterocycles. The van der Waals surface area contributed by atoms with Crippen LogP contribution in [0.1, 0.15) is 44.0 Å². The van der Waals surface area contributed by atoms with Gasteiger partial charge in [0.15, 0.2) is 5.78 Å². The number of ketones is 1. The average molecular weight is 263 g/mol. The maximum absolute atomic E-state index is 11.8. The number of benzene rings is 1. The number of unbranched alkanes of at least 4 members (excludes halogenated alkanes) is 1. The van der Waals surface area contributed by atoms with Gasteiger partial charge in [-0.05, 0) is 44.5 Å². The molecule has 1 atom stereocenters. The van der Waals surface area contributed by atoms with Crippen molar-refractivity contribution in [2.24, 2.45) is 0 Å². The fourth-order valence-corrected chi connectivity index (χ4v) is 1.42. The van der Waals surface area contributed by atoms with Crippen LogP contribution in [-0.2, 0) is 4.79 Å². The summed E-state index contributed by atoms with van der Waals surface area (Å²) in [4.78, 5) is 22.9. The van der Waals surface area contributed by atoms with Crippen molar-refractivity contribution < 1.29 is 14.3 Å². The Morgan fingerprint density at radius 3 is 2.42 bits per heavy atom. The van der Waals surface area contributed by atoms with E-state index in [2.05, 4.69) is 12.2 Å². The number of amides is 1. The fourth-order valence-electron chi connectivity index (χ4n) is 1.42. The zero-order valence-electron chi connectivity index (χ0n) is 11.7. The van der Waals surface area contributed by atoms with Crippen LogP contribution >= 0.6 is 0 Å². The Kier molecular flexibility index (Phi) is 6.06. The molecule has 19 heavy (non-hydrogen) atoms. The smallest absolute Gasteiger partial charge is 0.251 e. The summed E-state index contributed by atoms with van der Waals surface area (Å²) < 4.78 is 5.51. The van der Waals surface area contributed by atoms with Crippen molar-refractivity contribution in [2.75, 3.05) is 6.61 Å². The van der Waals surface area contributed by atoms with Gasteiger partial charge < -0.3 is 10.1 Å². The lowest BCUT2D eigenvalue weighted by molar-refractivity contribution is -0.118. The van der Waals surface area contributed by atoms with E-state index in [4.69, 9.17) is 4.74 Å². The largest absolute Gasteiger partial charge is 0.494 e.